The van der Waals surface area contributed by atoms with Crippen LogP contribution in [-0.4, -0.2) is 19.2 Å². The minimum absolute atomic E-state index is 0.675. The zero-order valence-electron chi connectivity index (χ0n) is 9.14. The molecule has 0 saturated carbocycles. The lowest BCUT2D eigenvalue weighted by Crippen LogP contribution is -1.99. The van der Waals surface area contributed by atoms with Crippen molar-refractivity contribution in [1.82, 2.24) is 4.98 Å². The van der Waals surface area contributed by atoms with Crippen LogP contribution >= 0.6 is 29.6 Å². The van der Waals surface area contributed by atoms with Gasteiger partial charge in [0.1, 0.15) is 0 Å². The van der Waals surface area contributed by atoms with Gasteiger partial charge in [0.15, 0.2) is 5.13 Å². The van der Waals surface area contributed by atoms with Gasteiger partial charge in [0, 0.05) is 19.2 Å². The molecule has 0 aliphatic rings. The third-order valence-electron chi connectivity index (χ3n) is 2.06. The Hall–Kier alpha value is -0.230. The molecule has 1 aromatic heterocycles. The zero-order valence-corrected chi connectivity index (χ0v) is 12.4. The van der Waals surface area contributed by atoms with Gasteiger partial charge in [0.05, 0.1) is 10.2 Å². The number of fused-ring (bicyclic) bond motifs is 1. The highest BCUT2D eigenvalue weighted by Crippen LogP contribution is 2.47. The van der Waals surface area contributed by atoms with Crippen LogP contribution in [0.15, 0.2) is 18.2 Å². The summed E-state index contributed by atoms with van der Waals surface area (Å²) in [6.07, 6.45) is 0. The van der Waals surface area contributed by atoms with Crippen molar-refractivity contribution in [3.05, 3.63) is 23.2 Å². The van der Waals surface area contributed by atoms with E-state index in [0.717, 1.165) is 10.2 Å². The van der Waals surface area contributed by atoms with E-state index >= 15 is 0 Å². The Labute approximate surface area is 113 Å². The number of thiazole rings is 1. The molecule has 0 bridgehead atoms. The van der Waals surface area contributed by atoms with Gasteiger partial charge < -0.3 is 9.05 Å². The molecule has 0 spiro atoms. The molecule has 2 aromatic rings. The Bertz CT molecular complexity index is 581. The number of nitrogens with one attached hydrogen (secondary N) is 1. The number of hydrogen-bond acceptors (Lipinski definition) is 5. The molecule has 0 aliphatic heterocycles. The average Bonchev–Trinajstić information content (AvgIpc) is 2.70. The molecular weight excluding hydrogens is 299 g/mol. The van der Waals surface area contributed by atoms with Gasteiger partial charge in [0.25, 0.3) is 6.64 Å². The molecule has 0 atom stereocenters. The van der Waals surface area contributed by atoms with E-state index in [1.807, 2.05) is 12.1 Å². The number of nitrogens with zero attached hydrogens (tertiary/aromatic N) is 1. The van der Waals surface area contributed by atoms with Crippen molar-refractivity contribution in [3.63, 3.8) is 0 Å². The standard InChI is InChI=1S/C9H10ClN2O2PS2/c1-13-15(16,14-2)12-9-11-7-4-3-6(10)5-8(7)17-9/h3-5H,1-2H3,(H,11,12,16). The maximum atomic E-state index is 5.91. The number of halogens is 1. The molecule has 1 N–H and O–H groups in total. The summed E-state index contributed by atoms with van der Waals surface area (Å²) in [7, 11) is 3.03. The van der Waals surface area contributed by atoms with Crippen LogP contribution in [0.3, 0.4) is 0 Å². The second-order valence-corrected chi connectivity index (χ2v) is 7.96. The number of aromatic nitrogens is 1. The van der Waals surface area contributed by atoms with Crippen molar-refractivity contribution in [3.8, 4) is 0 Å². The predicted molar refractivity (Wildman–Crippen MR) is 76.6 cm³/mol. The van der Waals surface area contributed by atoms with Crippen molar-refractivity contribution in [1.29, 1.82) is 0 Å². The van der Waals surface area contributed by atoms with Crippen molar-refractivity contribution in [2.75, 3.05) is 19.3 Å². The van der Waals surface area contributed by atoms with Crippen molar-refractivity contribution in [2.45, 2.75) is 0 Å². The van der Waals surface area contributed by atoms with Crippen LogP contribution < -0.4 is 5.09 Å². The maximum Gasteiger partial charge on any atom is 0.288 e. The van der Waals surface area contributed by atoms with Gasteiger partial charge in [-0.15, -0.1) is 0 Å². The molecule has 0 saturated heterocycles. The summed E-state index contributed by atoms with van der Waals surface area (Å²) in [4.78, 5) is 4.38. The SMILES string of the molecule is COP(=S)(Nc1nc2ccc(Cl)cc2s1)OC. The molecule has 1 aromatic carbocycles. The molecule has 0 amide bonds. The molecule has 0 unspecified atom stereocenters. The lowest BCUT2D eigenvalue weighted by atomic mass is 10.3. The molecule has 4 nitrogen and oxygen atoms in total. The van der Waals surface area contributed by atoms with E-state index in [4.69, 9.17) is 32.5 Å². The monoisotopic (exact) mass is 308 g/mol. The van der Waals surface area contributed by atoms with Crippen molar-refractivity contribution < 1.29 is 9.05 Å². The molecule has 0 fully saturated rings. The summed E-state index contributed by atoms with van der Waals surface area (Å²) in [6.45, 7) is -2.47. The molecule has 1 heterocycles. The first-order valence-corrected chi connectivity index (χ1v) is 8.45. The molecular formula is C9H10ClN2O2PS2. The first-order chi connectivity index (χ1) is 8.06. The summed E-state index contributed by atoms with van der Waals surface area (Å²) < 4.78 is 11.3. The van der Waals surface area contributed by atoms with Gasteiger partial charge >= 0.3 is 0 Å². The van der Waals surface area contributed by atoms with E-state index in [1.165, 1.54) is 25.6 Å². The van der Waals surface area contributed by atoms with E-state index in [1.54, 1.807) is 6.07 Å². The van der Waals surface area contributed by atoms with Crippen LogP contribution in [0.5, 0.6) is 0 Å². The quantitative estimate of drug-likeness (QED) is 0.868. The minimum atomic E-state index is -2.47. The number of anilines is 1. The second-order valence-electron chi connectivity index (χ2n) is 3.11. The van der Waals surface area contributed by atoms with Crippen LogP contribution in [0.4, 0.5) is 5.13 Å². The lowest BCUT2D eigenvalue weighted by molar-refractivity contribution is 0.342. The third-order valence-corrected chi connectivity index (χ3v) is 6.00. The fraction of sp³-hybridized carbons (Fsp3) is 0.222. The Kier molecular flexibility index (Phi) is 4.02. The number of benzene rings is 1. The minimum Gasteiger partial charge on any atom is -0.317 e. The molecule has 0 aliphatic carbocycles. The highest BCUT2D eigenvalue weighted by atomic mass is 35.5. The highest BCUT2D eigenvalue weighted by Gasteiger charge is 2.17. The van der Waals surface area contributed by atoms with Crippen LogP contribution in [0.2, 0.25) is 5.02 Å². The van der Waals surface area contributed by atoms with Crippen LogP contribution in [0.25, 0.3) is 10.2 Å². The first-order valence-electron chi connectivity index (χ1n) is 4.62. The van der Waals surface area contributed by atoms with Crippen molar-refractivity contribution >= 4 is 56.7 Å². The van der Waals surface area contributed by atoms with Gasteiger partial charge in [-0.25, -0.2) is 4.98 Å². The predicted octanol–water partition coefficient (Wildman–Crippen LogP) is 3.88. The summed E-state index contributed by atoms with van der Waals surface area (Å²) in [6, 6.07) is 5.53. The third kappa shape index (κ3) is 2.96. The van der Waals surface area contributed by atoms with E-state index in [2.05, 4.69) is 10.1 Å². The smallest absolute Gasteiger partial charge is 0.288 e. The maximum absolute atomic E-state index is 5.91. The summed E-state index contributed by atoms with van der Waals surface area (Å²) in [5.41, 5.74) is 0.871. The largest absolute Gasteiger partial charge is 0.317 e. The Morgan fingerprint density at radius 1 is 1.41 bits per heavy atom. The Balaban J connectivity index is 2.34. The zero-order chi connectivity index (χ0) is 12.5. The number of hydrogen-bond donors (Lipinski definition) is 1. The van der Waals surface area contributed by atoms with Gasteiger partial charge in [-0.1, -0.05) is 22.9 Å². The Morgan fingerprint density at radius 2 is 2.12 bits per heavy atom. The van der Waals surface area contributed by atoms with E-state index in [-0.39, 0.29) is 0 Å². The molecule has 2 rings (SSSR count). The van der Waals surface area contributed by atoms with Gasteiger partial charge in [0.2, 0.25) is 0 Å². The van der Waals surface area contributed by atoms with Gasteiger partial charge in [-0.05, 0) is 30.0 Å². The summed E-state index contributed by atoms with van der Waals surface area (Å²) in [5.74, 6) is 0. The second kappa shape index (κ2) is 5.18. The topological polar surface area (TPSA) is 43.4 Å². The van der Waals surface area contributed by atoms with E-state index < -0.39 is 6.64 Å². The first kappa shape index (κ1) is 13.2. The average molecular weight is 309 g/mol. The molecule has 8 heteroatoms. The summed E-state index contributed by atoms with van der Waals surface area (Å²) >= 11 is 12.6. The van der Waals surface area contributed by atoms with Crippen LogP contribution in [0.1, 0.15) is 0 Å². The van der Waals surface area contributed by atoms with E-state index in [0.29, 0.717) is 10.2 Å². The lowest BCUT2D eigenvalue weighted by Gasteiger charge is -2.17. The fourth-order valence-electron chi connectivity index (χ4n) is 1.23. The van der Waals surface area contributed by atoms with Crippen LogP contribution in [0, 0.1) is 0 Å². The fourth-order valence-corrected chi connectivity index (χ4v) is 3.81. The normalized spacial score (nSPS) is 11.9. The molecule has 92 valence electrons. The highest BCUT2D eigenvalue weighted by molar-refractivity contribution is 8.10. The Morgan fingerprint density at radius 3 is 2.76 bits per heavy atom. The van der Waals surface area contributed by atoms with E-state index in [9.17, 15) is 0 Å². The van der Waals surface area contributed by atoms with Gasteiger partial charge in [-0.2, -0.15) is 0 Å². The van der Waals surface area contributed by atoms with Gasteiger partial charge in [-0.3, -0.25) is 5.09 Å². The van der Waals surface area contributed by atoms with Crippen molar-refractivity contribution in [2.24, 2.45) is 0 Å². The molecule has 17 heavy (non-hydrogen) atoms. The molecule has 0 radical (unpaired) electrons. The van der Waals surface area contributed by atoms with Crippen LogP contribution in [-0.2, 0) is 20.9 Å². The summed E-state index contributed by atoms with van der Waals surface area (Å²) in [5, 5.41) is 4.37. The number of rotatable bonds is 4.